The zero-order valence-electron chi connectivity index (χ0n) is 21.2. The van der Waals surface area contributed by atoms with Crippen LogP contribution < -0.4 is 9.80 Å². The molecule has 0 fully saturated rings. The molecule has 1 aromatic carbocycles. The van der Waals surface area contributed by atoms with E-state index in [-0.39, 0.29) is 11.7 Å². The predicted molar refractivity (Wildman–Crippen MR) is 137 cm³/mol. The Kier molecular flexibility index (Phi) is 6.35. The molecule has 0 saturated carbocycles. The number of imidazole rings is 1. The molecular formula is C27H28F3N7. The van der Waals surface area contributed by atoms with Crippen molar-refractivity contribution < 1.29 is 13.2 Å². The number of alkyl halides is 3. The highest BCUT2D eigenvalue weighted by Crippen LogP contribution is 2.37. The largest absolute Gasteiger partial charge is 0.434 e. The third-order valence-corrected chi connectivity index (χ3v) is 6.49. The second-order valence-corrected chi connectivity index (χ2v) is 9.44. The van der Waals surface area contributed by atoms with Crippen LogP contribution in [0, 0.1) is 0 Å². The van der Waals surface area contributed by atoms with Gasteiger partial charge >= 0.3 is 6.18 Å². The number of halogens is 3. The van der Waals surface area contributed by atoms with Crippen LogP contribution in [-0.2, 0) is 19.8 Å². The third kappa shape index (κ3) is 4.75. The molecule has 3 aromatic heterocycles. The van der Waals surface area contributed by atoms with E-state index in [1.165, 1.54) is 4.57 Å². The standard InChI is InChI=1S/C27H28F3N7/c1-5-36-16-37(26-21(36)13-32-24(34-26)20-7-6-12-31-23(20)17(2)3)14-18-8-10-19(11-9-18)25-33-22(15-35(25)4)27(28,29)30/h6-13,15,17H,5,14,16H2,1-4H3. The first kappa shape index (κ1) is 24.7. The molecule has 0 bridgehead atoms. The lowest BCUT2D eigenvalue weighted by atomic mass is 10.0. The first-order valence-electron chi connectivity index (χ1n) is 12.2. The summed E-state index contributed by atoms with van der Waals surface area (Å²) < 4.78 is 40.6. The molecule has 0 aliphatic carbocycles. The van der Waals surface area contributed by atoms with Crippen LogP contribution >= 0.6 is 0 Å². The van der Waals surface area contributed by atoms with Crippen LogP contribution in [0.4, 0.5) is 24.7 Å². The summed E-state index contributed by atoms with van der Waals surface area (Å²) in [6.45, 7) is 8.38. The van der Waals surface area contributed by atoms with Gasteiger partial charge in [0.15, 0.2) is 17.3 Å². The van der Waals surface area contributed by atoms with Gasteiger partial charge in [-0.25, -0.2) is 15.0 Å². The molecule has 0 unspecified atom stereocenters. The van der Waals surface area contributed by atoms with Gasteiger partial charge in [0.2, 0.25) is 0 Å². The van der Waals surface area contributed by atoms with Crippen LogP contribution in [0.5, 0.6) is 0 Å². The van der Waals surface area contributed by atoms with Crippen LogP contribution in [0.25, 0.3) is 22.8 Å². The molecule has 5 rings (SSSR count). The highest BCUT2D eigenvalue weighted by Gasteiger charge is 2.34. The Morgan fingerprint density at radius 2 is 1.76 bits per heavy atom. The smallest absolute Gasteiger partial charge is 0.350 e. The minimum Gasteiger partial charge on any atom is -0.350 e. The monoisotopic (exact) mass is 507 g/mol. The highest BCUT2D eigenvalue weighted by molar-refractivity contribution is 5.74. The Hall–Kier alpha value is -3.95. The van der Waals surface area contributed by atoms with E-state index in [2.05, 4.69) is 45.5 Å². The van der Waals surface area contributed by atoms with E-state index in [0.29, 0.717) is 24.6 Å². The number of aromatic nitrogens is 5. The van der Waals surface area contributed by atoms with Crippen LogP contribution in [0.1, 0.15) is 43.6 Å². The summed E-state index contributed by atoms with van der Waals surface area (Å²) in [6.07, 6.45) is 0.196. The fourth-order valence-electron chi connectivity index (χ4n) is 4.61. The maximum Gasteiger partial charge on any atom is 0.434 e. The minimum absolute atomic E-state index is 0.237. The number of hydrogen-bond acceptors (Lipinski definition) is 6. The van der Waals surface area contributed by atoms with Gasteiger partial charge in [-0.3, -0.25) is 4.98 Å². The summed E-state index contributed by atoms with van der Waals surface area (Å²) in [4.78, 5) is 22.4. The Morgan fingerprint density at radius 1 is 1.00 bits per heavy atom. The molecule has 0 atom stereocenters. The van der Waals surface area contributed by atoms with Gasteiger partial charge in [-0.05, 0) is 30.5 Å². The van der Waals surface area contributed by atoms with Gasteiger partial charge in [0, 0.05) is 43.7 Å². The molecule has 37 heavy (non-hydrogen) atoms. The van der Waals surface area contributed by atoms with Gasteiger partial charge in [0.1, 0.15) is 11.5 Å². The van der Waals surface area contributed by atoms with Gasteiger partial charge < -0.3 is 14.4 Å². The van der Waals surface area contributed by atoms with Gasteiger partial charge in [-0.2, -0.15) is 13.2 Å². The number of anilines is 2. The normalized spacial score (nSPS) is 13.5. The van der Waals surface area contributed by atoms with Crippen molar-refractivity contribution in [1.29, 1.82) is 0 Å². The van der Waals surface area contributed by atoms with E-state index >= 15 is 0 Å². The van der Waals surface area contributed by atoms with E-state index in [1.54, 1.807) is 13.2 Å². The van der Waals surface area contributed by atoms with Gasteiger partial charge in [-0.15, -0.1) is 0 Å². The summed E-state index contributed by atoms with van der Waals surface area (Å²) >= 11 is 0. The lowest BCUT2D eigenvalue weighted by Crippen LogP contribution is -2.30. The molecule has 4 aromatic rings. The molecule has 0 radical (unpaired) electrons. The van der Waals surface area contributed by atoms with Gasteiger partial charge in [0.25, 0.3) is 0 Å². The quantitative estimate of drug-likeness (QED) is 0.325. The minimum atomic E-state index is -4.48. The average molecular weight is 508 g/mol. The van der Waals surface area contributed by atoms with E-state index in [0.717, 1.165) is 41.1 Å². The molecule has 1 aliphatic rings. The maximum atomic E-state index is 13.1. The van der Waals surface area contributed by atoms with Crippen molar-refractivity contribution in [2.24, 2.45) is 7.05 Å². The Bertz CT molecular complexity index is 1410. The van der Waals surface area contributed by atoms with Crippen molar-refractivity contribution in [2.45, 2.75) is 39.4 Å². The van der Waals surface area contributed by atoms with Crippen LogP contribution in [0.15, 0.2) is 55.0 Å². The number of pyridine rings is 1. The van der Waals surface area contributed by atoms with Crippen molar-refractivity contribution >= 4 is 11.5 Å². The number of rotatable bonds is 6. The zero-order chi connectivity index (χ0) is 26.3. The number of aryl methyl sites for hydroxylation is 1. The molecule has 7 nitrogen and oxygen atoms in total. The highest BCUT2D eigenvalue weighted by atomic mass is 19.4. The van der Waals surface area contributed by atoms with Crippen molar-refractivity contribution in [3.63, 3.8) is 0 Å². The molecule has 0 N–H and O–H groups in total. The fraction of sp³-hybridized carbons (Fsp3) is 0.333. The molecule has 1 aliphatic heterocycles. The molecule has 4 heterocycles. The van der Waals surface area contributed by atoms with Crippen molar-refractivity contribution in [3.8, 4) is 22.8 Å². The second kappa shape index (κ2) is 9.49. The number of fused-ring (bicyclic) bond motifs is 1. The first-order valence-corrected chi connectivity index (χ1v) is 12.2. The summed E-state index contributed by atoms with van der Waals surface area (Å²) in [5.74, 6) is 2.01. The van der Waals surface area contributed by atoms with Crippen molar-refractivity contribution in [1.82, 2.24) is 24.5 Å². The van der Waals surface area contributed by atoms with Crippen LogP contribution in [0.3, 0.4) is 0 Å². The Labute approximate surface area is 213 Å². The lowest BCUT2D eigenvalue weighted by Gasteiger charge is -2.20. The maximum absolute atomic E-state index is 13.1. The van der Waals surface area contributed by atoms with E-state index < -0.39 is 11.9 Å². The van der Waals surface area contributed by atoms with Gasteiger partial charge in [0.05, 0.1) is 18.6 Å². The van der Waals surface area contributed by atoms with Crippen molar-refractivity contribution in [2.75, 3.05) is 23.0 Å². The molecular weight excluding hydrogens is 479 g/mol. The number of benzene rings is 1. The van der Waals surface area contributed by atoms with E-state index in [4.69, 9.17) is 4.98 Å². The predicted octanol–water partition coefficient (Wildman–Crippen LogP) is 5.89. The molecule has 0 amide bonds. The summed E-state index contributed by atoms with van der Waals surface area (Å²) in [6, 6.07) is 11.4. The number of hydrogen-bond donors (Lipinski definition) is 0. The Morgan fingerprint density at radius 3 is 2.41 bits per heavy atom. The van der Waals surface area contributed by atoms with Gasteiger partial charge in [-0.1, -0.05) is 38.1 Å². The van der Waals surface area contributed by atoms with E-state index in [1.807, 2.05) is 42.6 Å². The van der Waals surface area contributed by atoms with Crippen molar-refractivity contribution in [3.05, 3.63) is 71.9 Å². The topological polar surface area (TPSA) is 63.0 Å². The first-order chi connectivity index (χ1) is 17.7. The lowest BCUT2D eigenvalue weighted by molar-refractivity contribution is -0.140. The SMILES string of the molecule is CCN1CN(Cc2ccc(-c3nc(C(F)(F)F)cn3C)cc2)c2nc(-c3cccnc3C(C)C)ncc21. The van der Waals surface area contributed by atoms with Crippen LogP contribution in [0.2, 0.25) is 0 Å². The second-order valence-electron chi connectivity index (χ2n) is 9.44. The fourth-order valence-corrected chi connectivity index (χ4v) is 4.61. The summed E-state index contributed by atoms with van der Waals surface area (Å²) in [5.41, 5.74) is 3.60. The zero-order valence-corrected chi connectivity index (χ0v) is 21.2. The Balaban J connectivity index is 1.42. The average Bonchev–Trinajstić information content (AvgIpc) is 3.44. The molecule has 0 saturated heterocycles. The van der Waals surface area contributed by atoms with Crippen LogP contribution in [-0.4, -0.2) is 37.7 Å². The third-order valence-electron chi connectivity index (χ3n) is 6.49. The molecule has 10 heteroatoms. The molecule has 192 valence electrons. The summed E-state index contributed by atoms with van der Waals surface area (Å²) in [5, 5.41) is 0. The number of nitrogens with zero attached hydrogens (tertiary/aromatic N) is 7. The molecule has 0 spiro atoms. The summed E-state index contributed by atoms with van der Waals surface area (Å²) in [7, 11) is 1.57. The van der Waals surface area contributed by atoms with E-state index in [9.17, 15) is 13.2 Å².